The van der Waals surface area contributed by atoms with Crippen LogP contribution in [0.3, 0.4) is 0 Å². The fourth-order valence-corrected chi connectivity index (χ4v) is 3.60. The van der Waals surface area contributed by atoms with E-state index in [-0.39, 0.29) is 17.8 Å². The zero-order chi connectivity index (χ0) is 17.1. The molecule has 1 fully saturated rings. The summed E-state index contributed by atoms with van der Waals surface area (Å²) < 4.78 is 0.915. The molecule has 24 heavy (non-hydrogen) atoms. The number of thioether (sulfide) groups is 1. The van der Waals surface area contributed by atoms with Gasteiger partial charge in [0.2, 0.25) is 0 Å². The van der Waals surface area contributed by atoms with Gasteiger partial charge >= 0.3 is 0 Å². The van der Waals surface area contributed by atoms with Crippen molar-refractivity contribution in [1.29, 1.82) is 0 Å². The van der Waals surface area contributed by atoms with Gasteiger partial charge < -0.3 is 5.32 Å². The Kier molecular flexibility index (Phi) is 5.28. The van der Waals surface area contributed by atoms with Gasteiger partial charge in [0, 0.05) is 15.2 Å². The standard InChI is InChI=1S/C17H12BrClN2O2S/c18-12-4-1-3-11(7-12)8-15-16(22)21(17(23)24-15)10-20-14-6-2-5-13(19)9-14/h1-9,20H,10H2/b15-8+. The van der Waals surface area contributed by atoms with Crippen molar-refractivity contribution in [2.24, 2.45) is 0 Å². The second-order valence-corrected chi connectivity index (χ2v) is 7.36. The van der Waals surface area contributed by atoms with Gasteiger partial charge in [-0.3, -0.25) is 14.5 Å². The minimum absolute atomic E-state index is 0.0980. The SMILES string of the molecule is O=C1S/C(=C/c2cccc(Br)c2)C(=O)N1CNc1cccc(Cl)c1. The highest BCUT2D eigenvalue weighted by Crippen LogP contribution is 2.32. The van der Waals surface area contributed by atoms with E-state index in [0.29, 0.717) is 9.93 Å². The van der Waals surface area contributed by atoms with Crippen LogP contribution in [0, 0.1) is 0 Å². The highest BCUT2D eigenvalue weighted by molar-refractivity contribution is 9.10. The van der Waals surface area contributed by atoms with Crippen LogP contribution in [0.4, 0.5) is 10.5 Å². The molecule has 1 aliphatic heterocycles. The lowest BCUT2D eigenvalue weighted by molar-refractivity contribution is -0.122. The van der Waals surface area contributed by atoms with Gasteiger partial charge in [0.1, 0.15) is 0 Å². The Morgan fingerprint density at radius 1 is 1.17 bits per heavy atom. The minimum Gasteiger partial charge on any atom is -0.367 e. The Balaban J connectivity index is 1.72. The predicted octanol–water partition coefficient (Wildman–Crippen LogP) is 5.21. The molecule has 0 spiro atoms. The number of hydrogen-bond acceptors (Lipinski definition) is 4. The van der Waals surface area contributed by atoms with Crippen molar-refractivity contribution in [3.63, 3.8) is 0 Å². The van der Waals surface area contributed by atoms with Crippen LogP contribution < -0.4 is 5.32 Å². The number of amides is 2. The fourth-order valence-electron chi connectivity index (χ4n) is 2.15. The van der Waals surface area contributed by atoms with Crippen LogP contribution in [-0.2, 0) is 4.79 Å². The van der Waals surface area contributed by atoms with E-state index in [0.717, 1.165) is 27.5 Å². The molecule has 1 saturated heterocycles. The number of halogens is 2. The molecular formula is C17H12BrClN2O2S. The van der Waals surface area contributed by atoms with Gasteiger partial charge in [0.05, 0.1) is 11.6 Å². The summed E-state index contributed by atoms with van der Waals surface area (Å²) in [5.41, 5.74) is 1.61. The van der Waals surface area contributed by atoms with Crippen molar-refractivity contribution >= 4 is 62.2 Å². The van der Waals surface area contributed by atoms with E-state index in [1.807, 2.05) is 30.3 Å². The lowest BCUT2D eigenvalue weighted by Gasteiger charge is -2.14. The summed E-state index contributed by atoms with van der Waals surface area (Å²) in [4.78, 5) is 26.1. The maximum atomic E-state index is 12.4. The normalized spacial score (nSPS) is 16.1. The molecule has 0 aromatic heterocycles. The number of hydrogen-bond donors (Lipinski definition) is 1. The van der Waals surface area contributed by atoms with E-state index in [1.54, 1.807) is 24.3 Å². The first-order valence-corrected chi connectivity index (χ1v) is 9.02. The van der Waals surface area contributed by atoms with E-state index in [4.69, 9.17) is 11.6 Å². The quantitative estimate of drug-likeness (QED) is 0.686. The van der Waals surface area contributed by atoms with E-state index >= 15 is 0 Å². The molecule has 0 unspecified atom stereocenters. The van der Waals surface area contributed by atoms with Crippen LogP contribution in [-0.4, -0.2) is 22.7 Å². The first-order chi connectivity index (χ1) is 11.5. The lowest BCUT2D eigenvalue weighted by atomic mass is 10.2. The second kappa shape index (κ2) is 7.42. The fraction of sp³-hybridized carbons (Fsp3) is 0.0588. The van der Waals surface area contributed by atoms with Crippen LogP contribution in [0.2, 0.25) is 5.02 Å². The third-order valence-electron chi connectivity index (χ3n) is 3.29. The first kappa shape index (κ1) is 17.1. The smallest absolute Gasteiger partial charge is 0.295 e. The predicted molar refractivity (Wildman–Crippen MR) is 102 cm³/mol. The second-order valence-electron chi connectivity index (χ2n) is 5.01. The molecule has 0 radical (unpaired) electrons. The number of anilines is 1. The van der Waals surface area contributed by atoms with E-state index in [1.165, 1.54) is 4.90 Å². The Bertz CT molecular complexity index is 841. The molecule has 0 bridgehead atoms. The number of imide groups is 1. The molecule has 122 valence electrons. The third kappa shape index (κ3) is 4.01. The van der Waals surface area contributed by atoms with Gasteiger partial charge in [-0.25, -0.2) is 0 Å². The maximum Gasteiger partial charge on any atom is 0.295 e. The van der Waals surface area contributed by atoms with Crippen molar-refractivity contribution in [2.45, 2.75) is 0 Å². The average molecular weight is 424 g/mol. The summed E-state index contributed by atoms with van der Waals surface area (Å²) >= 11 is 10.2. The first-order valence-electron chi connectivity index (χ1n) is 7.03. The number of rotatable bonds is 4. The van der Waals surface area contributed by atoms with Crippen LogP contribution >= 0.6 is 39.3 Å². The van der Waals surface area contributed by atoms with Crippen LogP contribution in [0.25, 0.3) is 6.08 Å². The van der Waals surface area contributed by atoms with Gasteiger partial charge in [0.15, 0.2) is 0 Å². The molecule has 1 aliphatic rings. The molecule has 4 nitrogen and oxygen atoms in total. The Morgan fingerprint density at radius 3 is 2.71 bits per heavy atom. The van der Waals surface area contributed by atoms with E-state index in [2.05, 4.69) is 21.2 Å². The molecule has 3 rings (SSSR count). The average Bonchev–Trinajstić information content (AvgIpc) is 2.79. The van der Waals surface area contributed by atoms with E-state index < -0.39 is 0 Å². The number of nitrogens with one attached hydrogen (secondary N) is 1. The molecular weight excluding hydrogens is 412 g/mol. The minimum atomic E-state index is -0.306. The molecule has 0 aliphatic carbocycles. The van der Waals surface area contributed by atoms with Crippen LogP contribution in [0.1, 0.15) is 5.56 Å². The summed E-state index contributed by atoms with van der Waals surface area (Å²) in [6, 6.07) is 14.7. The monoisotopic (exact) mass is 422 g/mol. The molecule has 0 atom stereocenters. The topological polar surface area (TPSA) is 49.4 Å². The van der Waals surface area contributed by atoms with Gasteiger partial charge in [0.25, 0.3) is 11.1 Å². The van der Waals surface area contributed by atoms with Gasteiger partial charge in [-0.05, 0) is 53.7 Å². The van der Waals surface area contributed by atoms with Crippen molar-refractivity contribution in [2.75, 3.05) is 12.0 Å². The highest BCUT2D eigenvalue weighted by Gasteiger charge is 2.34. The van der Waals surface area contributed by atoms with Crippen LogP contribution in [0.15, 0.2) is 57.9 Å². The molecule has 1 heterocycles. The Hall–Kier alpha value is -1.76. The van der Waals surface area contributed by atoms with Crippen molar-refractivity contribution in [3.8, 4) is 0 Å². The van der Waals surface area contributed by atoms with Gasteiger partial charge in [-0.1, -0.05) is 45.7 Å². The molecule has 2 amide bonds. The summed E-state index contributed by atoms with van der Waals surface area (Å²) in [5.74, 6) is -0.306. The third-order valence-corrected chi connectivity index (χ3v) is 4.92. The number of carbonyl (C=O) groups is 2. The van der Waals surface area contributed by atoms with Crippen molar-refractivity contribution in [3.05, 3.63) is 68.5 Å². The van der Waals surface area contributed by atoms with Crippen LogP contribution in [0.5, 0.6) is 0 Å². The lowest BCUT2D eigenvalue weighted by Crippen LogP contribution is -2.33. The molecule has 7 heteroatoms. The van der Waals surface area contributed by atoms with Gasteiger partial charge in [-0.15, -0.1) is 0 Å². The Labute approximate surface area is 157 Å². The molecule has 0 saturated carbocycles. The number of carbonyl (C=O) groups excluding carboxylic acids is 2. The van der Waals surface area contributed by atoms with Crippen molar-refractivity contribution < 1.29 is 9.59 Å². The van der Waals surface area contributed by atoms with E-state index in [9.17, 15) is 9.59 Å². The number of nitrogens with zero attached hydrogens (tertiary/aromatic N) is 1. The molecule has 2 aromatic carbocycles. The zero-order valence-corrected chi connectivity index (χ0v) is 15.5. The molecule has 1 N–H and O–H groups in total. The number of benzene rings is 2. The largest absolute Gasteiger partial charge is 0.367 e. The highest BCUT2D eigenvalue weighted by atomic mass is 79.9. The Morgan fingerprint density at radius 2 is 1.96 bits per heavy atom. The maximum absolute atomic E-state index is 12.4. The zero-order valence-electron chi connectivity index (χ0n) is 12.3. The summed E-state index contributed by atoms with van der Waals surface area (Å²) in [7, 11) is 0. The summed E-state index contributed by atoms with van der Waals surface area (Å²) in [6.45, 7) is 0.0980. The summed E-state index contributed by atoms with van der Waals surface area (Å²) in [5, 5.41) is 3.32. The molecule has 2 aromatic rings. The van der Waals surface area contributed by atoms with Gasteiger partial charge in [-0.2, -0.15) is 0 Å². The summed E-state index contributed by atoms with van der Waals surface area (Å²) in [6.07, 6.45) is 1.72. The van der Waals surface area contributed by atoms with Crippen molar-refractivity contribution in [1.82, 2.24) is 4.90 Å².